The number of hydrogen-bond acceptors (Lipinski definition) is 10. The number of para-hydroxylation sites is 4. The number of hydrogen-bond donors (Lipinski definition) is 8. The Bertz CT molecular complexity index is 1660. The number of nitrogens with two attached hydrogens (primary N) is 4. The fourth-order valence-corrected chi connectivity index (χ4v) is 6.08. The maximum absolute atomic E-state index is 10.5. The van der Waals surface area contributed by atoms with Crippen molar-refractivity contribution in [2.45, 2.75) is 51.9 Å². The van der Waals surface area contributed by atoms with Crippen LogP contribution in [0.4, 0.5) is 0 Å². The van der Waals surface area contributed by atoms with Crippen molar-refractivity contribution >= 4 is 24.3 Å². The summed E-state index contributed by atoms with van der Waals surface area (Å²) < 4.78 is 0. The molecule has 0 saturated heterocycles. The largest absolute Gasteiger partial charge is 0.507 e. The van der Waals surface area contributed by atoms with Crippen LogP contribution in [0.25, 0.3) is 24.3 Å². The Kier molecular flexibility index (Phi) is 13.4. The van der Waals surface area contributed by atoms with Crippen LogP contribution in [-0.2, 0) is 0 Å². The Morgan fingerprint density at radius 1 is 0.423 bits per heavy atom. The number of nitrogens with zero attached hydrogens (tertiary/aromatic N) is 2. The fraction of sp³-hybridized carbons (Fsp3) is 0.238. The SMILES string of the molecule is CC(C(N)=Cc1ccccc1O)N(CCN(C(C)C(N)=Cc1ccccc1O)C(C)C(N)=Cc1ccccc1O)C(C)C(N)=Cc1ccccc1O. The van der Waals surface area contributed by atoms with Crippen molar-refractivity contribution in [3.63, 3.8) is 0 Å². The van der Waals surface area contributed by atoms with Crippen LogP contribution in [0.2, 0.25) is 0 Å². The Hall–Kier alpha value is -5.84. The summed E-state index contributed by atoms with van der Waals surface area (Å²) in [5.74, 6) is 0.457. The second-order valence-corrected chi connectivity index (χ2v) is 13.0. The molecule has 0 spiro atoms. The van der Waals surface area contributed by atoms with Gasteiger partial charge in [-0.3, -0.25) is 9.80 Å². The summed E-state index contributed by atoms with van der Waals surface area (Å²) in [6.45, 7) is 8.79. The van der Waals surface area contributed by atoms with Crippen LogP contribution in [0.5, 0.6) is 23.0 Å². The van der Waals surface area contributed by atoms with Gasteiger partial charge >= 0.3 is 0 Å². The maximum Gasteiger partial charge on any atom is 0.122 e. The van der Waals surface area contributed by atoms with Crippen molar-refractivity contribution < 1.29 is 20.4 Å². The van der Waals surface area contributed by atoms with Gasteiger partial charge in [0.2, 0.25) is 0 Å². The first-order chi connectivity index (χ1) is 24.8. The molecule has 0 aromatic heterocycles. The molecule has 12 N–H and O–H groups in total. The molecule has 0 fully saturated rings. The molecule has 0 heterocycles. The number of rotatable bonds is 15. The summed E-state index contributed by atoms with van der Waals surface area (Å²) in [5.41, 5.74) is 31.4. The lowest BCUT2D eigenvalue weighted by molar-refractivity contribution is 0.129. The number of phenolic OH excluding ortho intramolecular Hbond substituents is 4. The van der Waals surface area contributed by atoms with Crippen molar-refractivity contribution in [3.05, 3.63) is 142 Å². The highest BCUT2D eigenvalue weighted by atomic mass is 16.3. The minimum atomic E-state index is -0.360. The highest BCUT2D eigenvalue weighted by molar-refractivity contribution is 5.62. The van der Waals surface area contributed by atoms with Crippen LogP contribution in [-0.4, -0.2) is 67.5 Å². The summed E-state index contributed by atoms with van der Waals surface area (Å²) in [7, 11) is 0. The summed E-state index contributed by atoms with van der Waals surface area (Å²) >= 11 is 0. The molecule has 0 amide bonds. The molecule has 0 aliphatic rings. The molecule has 0 radical (unpaired) electrons. The molecule has 4 aromatic rings. The molecule has 4 unspecified atom stereocenters. The maximum atomic E-state index is 10.5. The van der Waals surface area contributed by atoms with E-state index < -0.39 is 0 Å². The van der Waals surface area contributed by atoms with Crippen LogP contribution in [0, 0.1) is 0 Å². The molecule has 10 heteroatoms. The summed E-state index contributed by atoms with van der Waals surface area (Å²) in [6, 6.07) is 26.5. The zero-order valence-electron chi connectivity index (χ0n) is 30.3. The van der Waals surface area contributed by atoms with Gasteiger partial charge in [-0.15, -0.1) is 0 Å². The van der Waals surface area contributed by atoms with E-state index >= 15 is 0 Å². The first kappa shape index (κ1) is 39.0. The van der Waals surface area contributed by atoms with Crippen molar-refractivity contribution in [1.29, 1.82) is 0 Å². The number of benzene rings is 4. The van der Waals surface area contributed by atoms with Crippen LogP contribution in [0.3, 0.4) is 0 Å². The van der Waals surface area contributed by atoms with Crippen molar-refractivity contribution in [1.82, 2.24) is 9.80 Å². The van der Waals surface area contributed by atoms with Crippen LogP contribution in [0.15, 0.2) is 120 Å². The second-order valence-electron chi connectivity index (χ2n) is 13.0. The third-order valence-electron chi connectivity index (χ3n) is 9.57. The van der Waals surface area contributed by atoms with Gasteiger partial charge < -0.3 is 43.4 Å². The number of phenols is 4. The lowest BCUT2D eigenvalue weighted by Gasteiger charge is -2.40. The lowest BCUT2D eigenvalue weighted by atomic mass is 10.0. The van der Waals surface area contributed by atoms with Crippen LogP contribution in [0.1, 0.15) is 49.9 Å². The normalized spacial score (nSPS) is 15.4. The third kappa shape index (κ3) is 9.90. The van der Waals surface area contributed by atoms with Crippen LogP contribution >= 0.6 is 0 Å². The zero-order valence-corrected chi connectivity index (χ0v) is 30.3. The minimum Gasteiger partial charge on any atom is -0.507 e. The monoisotopic (exact) mass is 704 g/mol. The quantitative estimate of drug-likeness (QED) is 0.0732. The highest BCUT2D eigenvalue weighted by Gasteiger charge is 2.29. The summed E-state index contributed by atoms with van der Waals surface area (Å²) in [6.07, 6.45) is 7.02. The average Bonchev–Trinajstić information content (AvgIpc) is 3.13. The zero-order chi connectivity index (χ0) is 37.9. The first-order valence-electron chi connectivity index (χ1n) is 17.3. The van der Waals surface area contributed by atoms with Crippen LogP contribution < -0.4 is 22.9 Å². The number of aromatic hydroxyl groups is 4. The van der Waals surface area contributed by atoms with E-state index in [1.54, 1.807) is 97.1 Å². The smallest absolute Gasteiger partial charge is 0.122 e. The first-order valence-corrected chi connectivity index (χ1v) is 17.3. The Labute approximate surface area is 306 Å². The molecule has 4 aromatic carbocycles. The van der Waals surface area contributed by atoms with E-state index in [0.29, 0.717) is 58.1 Å². The Morgan fingerprint density at radius 2 is 0.615 bits per heavy atom. The van der Waals surface area contributed by atoms with E-state index in [1.807, 2.05) is 52.0 Å². The summed E-state index contributed by atoms with van der Waals surface area (Å²) in [4.78, 5) is 4.30. The third-order valence-corrected chi connectivity index (χ3v) is 9.57. The van der Waals surface area contributed by atoms with Gasteiger partial charge in [0.25, 0.3) is 0 Å². The Morgan fingerprint density at radius 3 is 0.808 bits per heavy atom. The lowest BCUT2D eigenvalue weighted by Crippen LogP contribution is -2.52. The van der Waals surface area contributed by atoms with Gasteiger partial charge in [-0.05, 0) is 76.3 Å². The van der Waals surface area contributed by atoms with E-state index in [2.05, 4.69) is 9.80 Å². The van der Waals surface area contributed by atoms with Gasteiger partial charge in [0, 0.05) is 82.3 Å². The van der Waals surface area contributed by atoms with Gasteiger partial charge in [-0.1, -0.05) is 72.8 Å². The van der Waals surface area contributed by atoms with Gasteiger partial charge in [0.15, 0.2) is 0 Å². The second kappa shape index (κ2) is 17.9. The molecule has 274 valence electrons. The molecule has 52 heavy (non-hydrogen) atoms. The molecular formula is C42H52N6O4. The van der Waals surface area contributed by atoms with Crippen molar-refractivity contribution in [2.75, 3.05) is 13.1 Å². The van der Waals surface area contributed by atoms with Gasteiger partial charge in [0.05, 0.1) is 0 Å². The highest BCUT2D eigenvalue weighted by Crippen LogP contribution is 2.27. The molecule has 0 aliphatic carbocycles. The Balaban J connectivity index is 1.75. The molecule has 4 atom stereocenters. The van der Waals surface area contributed by atoms with Gasteiger partial charge in [-0.25, -0.2) is 0 Å². The van der Waals surface area contributed by atoms with E-state index in [0.717, 1.165) is 0 Å². The van der Waals surface area contributed by atoms with Crippen molar-refractivity contribution in [2.24, 2.45) is 22.9 Å². The van der Waals surface area contributed by atoms with Gasteiger partial charge in [-0.2, -0.15) is 0 Å². The molecule has 0 bridgehead atoms. The molecule has 0 saturated carbocycles. The van der Waals surface area contributed by atoms with E-state index in [-0.39, 0.29) is 47.2 Å². The average molecular weight is 705 g/mol. The van der Waals surface area contributed by atoms with Gasteiger partial charge in [0.1, 0.15) is 23.0 Å². The topological polar surface area (TPSA) is 191 Å². The van der Waals surface area contributed by atoms with E-state index in [4.69, 9.17) is 22.9 Å². The predicted octanol–water partition coefficient (Wildman–Crippen LogP) is 5.97. The summed E-state index contributed by atoms with van der Waals surface area (Å²) in [5, 5.41) is 41.9. The van der Waals surface area contributed by atoms with Crippen molar-refractivity contribution in [3.8, 4) is 23.0 Å². The minimum absolute atomic E-state index is 0.114. The fourth-order valence-electron chi connectivity index (χ4n) is 6.08. The standard InChI is InChI=1S/C42H52N6O4/c1-27(35(43)23-31-13-5-9-17-39(31)49)47(28(2)36(44)24-32-14-6-10-18-40(32)50)21-22-48(29(3)37(45)25-33-15-7-11-19-41(33)51)30(4)38(46)26-34-16-8-12-20-42(34)52/h5-20,23-30,49-52H,21-22,43-46H2,1-4H3. The molecular weight excluding hydrogens is 653 g/mol. The van der Waals surface area contributed by atoms with E-state index in [9.17, 15) is 20.4 Å². The molecule has 0 aliphatic heterocycles. The molecule has 10 nitrogen and oxygen atoms in total. The predicted molar refractivity (Wildman–Crippen MR) is 212 cm³/mol. The molecule has 4 rings (SSSR count). The van der Waals surface area contributed by atoms with E-state index in [1.165, 1.54) is 0 Å².